The number of aryl methyl sites for hydroxylation is 2. The molecule has 42 heavy (non-hydrogen) atoms. The Morgan fingerprint density at radius 2 is 1.40 bits per heavy atom. The van der Waals surface area contributed by atoms with Gasteiger partial charge in [-0.15, -0.1) is 0 Å². The minimum atomic E-state index is -4.91. The van der Waals surface area contributed by atoms with E-state index in [4.69, 9.17) is 9.47 Å². The molecular formula is C32H35F6NO3. The molecule has 0 aromatic heterocycles. The molecule has 0 spiro atoms. The highest BCUT2D eigenvalue weighted by molar-refractivity contribution is 5.34. The fourth-order valence-corrected chi connectivity index (χ4v) is 5.50. The average Bonchev–Trinajstić information content (AvgIpc) is 2.92. The van der Waals surface area contributed by atoms with Crippen molar-refractivity contribution in [2.75, 3.05) is 32.8 Å². The summed E-state index contributed by atoms with van der Waals surface area (Å²) in [7, 11) is 0. The van der Waals surface area contributed by atoms with E-state index in [2.05, 4.69) is 4.90 Å². The summed E-state index contributed by atoms with van der Waals surface area (Å²) in [6, 6.07) is 17.0. The molecule has 1 N–H and O–H groups in total. The van der Waals surface area contributed by atoms with Crippen molar-refractivity contribution in [3.05, 3.63) is 100 Å². The minimum absolute atomic E-state index is 0.117. The van der Waals surface area contributed by atoms with E-state index in [9.17, 15) is 31.4 Å². The first-order chi connectivity index (χ1) is 19.7. The number of hydrogen-bond acceptors (Lipinski definition) is 4. The number of likely N-dealkylation sites (tertiary alicyclic amines) is 1. The van der Waals surface area contributed by atoms with Crippen molar-refractivity contribution in [3.63, 3.8) is 0 Å². The molecule has 3 aromatic carbocycles. The van der Waals surface area contributed by atoms with Gasteiger partial charge >= 0.3 is 12.4 Å². The maximum atomic E-state index is 13.3. The van der Waals surface area contributed by atoms with E-state index in [1.54, 1.807) is 0 Å². The third-order valence-corrected chi connectivity index (χ3v) is 7.60. The average molecular weight is 596 g/mol. The Bertz CT molecular complexity index is 1270. The van der Waals surface area contributed by atoms with Gasteiger partial charge in [0.15, 0.2) is 0 Å². The summed E-state index contributed by atoms with van der Waals surface area (Å²) < 4.78 is 91.4. The molecule has 0 aliphatic carbocycles. The SMILES string of the molecule is Cc1cc(C)cc(OCC(O)CN2CCC(COCc3cc(C(F)(F)F)cc(C(F)(F)F)c3)(c3ccccc3)CC2)c1. The monoisotopic (exact) mass is 595 g/mol. The molecule has 1 saturated heterocycles. The van der Waals surface area contributed by atoms with E-state index in [-0.39, 0.29) is 31.5 Å². The van der Waals surface area contributed by atoms with Crippen LogP contribution in [-0.4, -0.2) is 49.0 Å². The molecule has 3 aromatic rings. The van der Waals surface area contributed by atoms with Gasteiger partial charge in [-0.05, 0) is 92.4 Å². The largest absolute Gasteiger partial charge is 0.491 e. The molecule has 4 nitrogen and oxygen atoms in total. The Kier molecular flexibility index (Phi) is 9.90. The number of piperidine rings is 1. The molecule has 228 valence electrons. The second kappa shape index (κ2) is 13.1. The van der Waals surface area contributed by atoms with Crippen molar-refractivity contribution in [2.45, 2.75) is 57.2 Å². The first-order valence-electron chi connectivity index (χ1n) is 13.8. The Morgan fingerprint density at radius 3 is 1.95 bits per heavy atom. The number of hydrogen-bond donors (Lipinski definition) is 1. The second-order valence-corrected chi connectivity index (χ2v) is 11.1. The summed E-state index contributed by atoms with van der Waals surface area (Å²) in [5.41, 5.74) is -0.253. The van der Waals surface area contributed by atoms with Crippen molar-refractivity contribution in [3.8, 4) is 5.75 Å². The number of ether oxygens (including phenoxy) is 2. The van der Waals surface area contributed by atoms with Gasteiger partial charge in [0, 0.05) is 12.0 Å². The number of benzene rings is 3. The summed E-state index contributed by atoms with van der Waals surface area (Å²) in [4.78, 5) is 2.12. The van der Waals surface area contributed by atoms with Gasteiger partial charge < -0.3 is 19.5 Å². The molecule has 1 aliphatic rings. The van der Waals surface area contributed by atoms with E-state index in [1.165, 1.54) is 0 Å². The lowest BCUT2D eigenvalue weighted by atomic mass is 9.73. The number of nitrogens with zero attached hydrogens (tertiary/aromatic N) is 1. The van der Waals surface area contributed by atoms with Gasteiger partial charge in [0.05, 0.1) is 24.3 Å². The predicted molar refractivity (Wildman–Crippen MR) is 147 cm³/mol. The highest BCUT2D eigenvalue weighted by Gasteiger charge is 2.38. The van der Waals surface area contributed by atoms with Crippen LogP contribution in [0.25, 0.3) is 0 Å². The van der Waals surface area contributed by atoms with Gasteiger partial charge in [-0.25, -0.2) is 0 Å². The lowest BCUT2D eigenvalue weighted by Crippen LogP contribution is -2.47. The van der Waals surface area contributed by atoms with E-state index in [0.717, 1.165) is 16.7 Å². The van der Waals surface area contributed by atoms with Crippen LogP contribution in [0.1, 0.15) is 46.2 Å². The van der Waals surface area contributed by atoms with E-state index in [1.807, 2.05) is 62.4 Å². The molecule has 4 rings (SSSR count). The molecular weight excluding hydrogens is 560 g/mol. The van der Waals surface area contributed by atoms with Gasteiger partial charge in [0.25, 0.3) is 0 Å². The van der Waals surface area contributed by atoms with E-state index in [0.29, 0.717) is 50.4 Å². The third kappa shape index (κ3) is 8.49. The minimum Gasteiger partial charge on any atom is -0.491 e. The Morgan fingerprint density at radius 1 is 0.833 bits per heavy atom. The molecule has 0 saturated carbocycles. The van der Waals surface area contributed by atoms with Crippen LogP contribution in [0.5, 0.6) is 5.75 Å². The van der Waals surface area contributed by atoms with Crippen molar-refractivity contribution in [1.82, 2.24) is 4.90 Å². The molecule has 10 heteroatoms. The Labute approximate surface area is 241 Å². The second-order valence-electron chi connectivity index (χ2n) is 11.1. The number of rotatable bonds is 10. The zero-order chi connectivity index (χ0) is 30.5. The first-order valence-corrected chi connectivity index (χ1v) is 13.8. The summed E-state index contributed by atoms with van der Waals surface area (Å²) in [6.45, 7) is 5.49. The van der Waals surface area contributed by atoms with Crippen LogP contribution in [0.3, 0.4) is 0 Å². The van der Waals surface area contributed by atoms with Crippen LogP contribution in [0, 0.1) is 13.8 Å². The fourth-order valence-electron chi connectivity index (χ4n) is 5.50. The van der Waals surface area contributed by atoms with Crippen LogP contribution in [0.4, 0.5) is 26.3 Å². The highest BCUT2D eigenvalue weighted by Crippen LogP contribution is 2.38. The van der Waals surface area contributed by atoms with E-state index >= 15 is 0 Å². The molecule has 0 radical (unpaired) electrons. The van der Waals surface area contributed by atoms with Crippen molar-refractivity contribution >= 4 is 0 Å². The van der Waals surface area contributed by atoms with Crippen LogP contribution in [0.2, 0.25) is 0 Å². The van der Waals surface area contributed by atoms with Gasteiger partial charge in [0.2, 0.25) is 0 Å². The van der Waals surface area contributed by atoms with E-state index < -0.39 is 35.0 Å². The number of alkyl halides is 6. The highest BCUT2D eigenvalue weighted by atomic mass is 19.4. The summed E-state index contributed by atoms with van der Waals surface area (Å²) in [5.74, 6) is 0.702. The summed E-state index contributed by atoms with van der Waals surface area (Å²) in [5, 5.41) is 10.6. The topological polar surface area (TPSA) is 41.9 Å². The standard InChI is InChI=1S/C32H35F6NO3/c1-22-12-23(2)14-29(13-22)42-20-28(40)18-39-10-8-30(9-11-39,25-6-4-3-5-7-25)21-41-19-24-15-26(31(33,34)35)17-27(16-24)32(36,37)38/h3-7,12-17,28,40H,8-11,18-21H2,1-2H3. The first kappa shape index (κ1) is 31.8. The zero-order valence-corrected chi connectivity index (χ0v) is 23.6. The number of halogens is 6. The van der Waals surface area contributed by atoms with Gasteiger partial charge in [-0.3, -0.25) is 0 Å². The van der Waals surface area contributed by atoms with Crippen molar-refractivity contribution < 1.29 is 40.9 Å². The maximum absolute atomic E-state index is 13.3. The van der Waals surface area contributed by atoms with Crippen LogP contribution in [-0.2, 0) is 29.1 Å². The van der Waals surface area contributed by atoms with Crippen molar-refractivity contribution in [2.24, 2.45) is 0 Å². The molecule has 0 bridgehead atoms. The maximum Gasteiger partial charge on any atom is 0.416 e. The predicted octanol–water partition coefficient (Wildman–Crippen LogP) is 7.33. The molecule has 1 unspecified atom stereocenters. The van der Waals surface area contributed by atoms with Crippen molar-refractivity contribution in [1.29, 1.82) is 0 Å². The number of aliphatic hydroxyl groups is 1. The lowest BCUT2D eigenvalue weighted by Gasteiger charge is -2.42. The Balaban J connectivity index is 1.39. The molecule has 1 heterocycles. The molecule has 0 amide bonds. The third-order valence-electron chi connectivity index (χ3n) is 7.60. The van der Waals surface area contributed by atoms with Gasteiger partial charge in [-0.2, -0.15) is 26.3 Å². The van der Waals surface area contributed by atoms with Crippen LogP contribution in [0.15, 0.2) is 66.7 Å². The number of β-amino-alcohol motifs (C(OH)–C–C–N with tert-alkyl or cyclic N) is 1. The smallest absolute Gasteiger partial charge is 0.416 e. The van der Waals surface area contributed by atoms with Crippen LogP contribution >= 0.6 is 0 Å². The zero-order valence-electron chi connectivity index (χ0n) is 23.6. The molecule has 1 aliphatic heterocycles. The number of aliphatic hydroxyl groups excluding tert-OH is 1. The molecule has 1 atom stereocenters. The lowest BCUT2D eigenvalue weighted by molar-refractivity contribution is -0.143. The van der Waals surface area contributed by atoms with Gasteiger partial charge in [0.1, 0.15) is 18.5 Å². The Hall–Kier alpha value is -3.08. The summed E-state index contributed by atoms with van der Waals surface area (Å²) in [6.07, 6.45) is -9.27. The summed E-state index contributed by atoms with van der Waals surface area (Å²) >= 11 is 0. The fraction of sp³-hybridized carbons (Fsp3) is 0.438. The molecule has 1 fully saturated rings. The normalized spacial score (nSPS) is 16.8. The van der Waals surface area contributed by atoms with Crippen LogP contribution < -0.4 is 4.74 Å². The quantitative estimate of drug-likeness (QED) is 0.249. The van der Waals surface area contributed by atoms with Gasteiger partial charge in [-0.1, -0.05) is 36.4 Å².